The van der Waals surface area contributed by atoms with E-state index in [1.165, 1.54) is 11.1 Å². The van der Waals surface area contributed by atoms with Crippen LogP contribution in [0.3, 0.4) is 0 Å². The van der Waals surface area contributed by atoms with Gasteiger partial charge in [-0.2, -0.15) is 0 Å². The summed E-state index contributed by atoms with van der Waals surface area (Å²) in [6.45, 7) is 6.52. The van der Waals surface area contributed by atoms with Crippen LogP contribution in [0, 0.1) is 12.3 Å². The number of rotatable bonds is 3. The number of hydrogen-bond donors (Lipinski definition) is 1. The standard InChI is InChI=1S/C12H18O/c1-10-6-4-5-7-11(10)8-12(2,3)9-13/h4-7,13H,8-9H2,1-3H3. The maximum Gasteiger partial charge on any atom is 0.0485 e. The molecule has 0 saturated carbocycles. The van der Waals surface area contributed by atoms with Gasteiger partial charge in [0.05, 0.1) is 0 Å². The van der Waals surface area contributed by atoms with Crippen LogP contribution in [0.4, 0.5) is 0 Å². The molecule has 0 atom stereocenters. The summed E-state index contributed by atoms with van der Waals surface area (Å²) < 4.78 is 0. The number of hydrogen-bond acceptors (Lipinski definition) is 1. The average molecular weight is 178 g/mol. The van der Waals surface area contributed by atoms with E-state index in [1.807, 2.05) is 6.07 Å². The lowest BCUT2D eigenvalue weighted by Crippen LogP contribution is -2.20. The molecule has 1 rings (SSSR count). The quantitative estimate of drug-likeness (QED) is 0.754. The Morgan fingerprint density at radius 1 is 1.23 bits per heavy atom. The summed E-state index contributed by atoms with van der Waals surface area (Å²) in [6.07, 6.45) is 0.941. The van der Waals surface area contributed by atoms with Crippen molar-refractivity contribution in [3.8, 4) is 0 Å². The van der Waals surface area contributed by atoms with E-state index in [0.29, 0.717) is 0 Å². The molecule has 0 heterocycles. The van der Waals surface area contributed by atoms with Crippen LogP contribution in [-0.2, 0) is 6.42 Å². The van der Waals surface area contributed by atoms with Crippen molar-refractivity contribution >= 4 is 0 Å². The van der Waals surface area contributed by atoms with E-state index in [1.54, 1.807) is 0 Å². The second-order valence-corrected chi connectivity index (χ2v) is 4.43. The summed E-state index contributed by atoms with van der Waals surface area (Å²) in [5.41, 5.74) is 2.64. The van der Waals surface area contributed by atoms with Gasteiger partial charge in [-0.3, -0.25) is 0 Å². The Labute approximate surface area is 80.4 Å². The molecule has 0 amide bonds. The van der Waals surface area contributed by atoms with Crippen molar-refractivity contribution in [1.82, 2.24) is 0 Å². The van der Waals surface area contributed by atoms with E-state index in [2.05, 4.69) is 39.0 Å². The Morgan fingerprint density at radius 3 is 2.38 bits per heavy atom. The first-order valence-corrected chi connectivity index (χ1v) is 4.70. The van der Waals surface area contributed by atoms with E-state index in [0.717, 1.165) is 6.42 Å². The number of aliphatic hydroxyl groups is 1. The van der Waals surface area contributed by atoms with E-state index in [-0.39, 0.29) is 12.0 Å². The zero-order valence-corrected chi connectivity index (χ0v) is 8.67. The highest BCUT2D eigenvalue weighted by molar-refractivity contribution is 5.26. The van der Waals surface area contributed by atoms with Gasteiger partial charge < -0.3 is 5.11 Å². The van der Waals surface area contributed by atoms with Crippen LogP contribution >= 0.6 is 0 Å². The molecular weight excluding hydrogens is 160 g/mol. The maximum atomic E-state index is 9.15. The van der Waals surface area contributed by atoms with Crippen molar-refractivity contribution in [2.75, 3.05) is 6.61 Å². The Hall–Kier alpha value is -0.820. The monoisotopic (exact) mass is 178 g/mol. The van der Waals surface area contributed by atoms with Gasteiger partial charge in [0, 0.05) is 6.61 Å². The molecular formula is C12H18O. The van der Waals surface area contributed by atoms with Crippen LogP contribution in [0.2, 0.25) is 0 Å². The van der Waals surface area contributed by atoms with Gasteiger partial charge in [0.15, 0.2) is 0 Å². The minimum Gasteiger partial charge on any atom is -0.396 e. The fourth-order valence-electron chi connectivity index (χ4n) is 1.38. The third-order valence-electron chi connectivity index (χ3n) is 2.36. The van der Waals surface area contributed by atoms with E-state index >= 15 is 0 Å². The Bertz CT molecular complexity index is 276. The van der Waals surface area contributed by atoms with Crippen LogP contribution in [0.15, 0.2) is 24.3 Å². The molecule has 1 aromatic rings. The van der Waals surface area contributed by atoms with E-state index in [4.69, 9.17) is 5.11 Å². The van der Waals surface area contributed by atoms with Crippen molar-refractivity contribution in [1.29, 1.82) is 0 Å². The van der Waals surface area contributed by atoms with Gasteiger partial charge in [-0.25, -0.2) is 0 Å². The Kier molecular flexibility index (Phi) is 3.10. The molecule has 1 nitrogen and oxygen atoms in total. The molecule has 0 unspecified atom stereocenters. The predicted octanol–water partition coefficient (Wildman–Crippen LogP) is 2.56. The second-order valence-electron chi connectivity index (χ2n) is 4.43. The summed E-state index contributed by atoms with van der Waals surface area (Å²) in [6, 6.07) is 8.34. The summed E-state index contributed by atoms with van der Waals surface area (Å²) in [5, 5.41) is 9.15. The zero-order chi connectivity index (χ0) is 9.90. The van der Waals surface area contributed by atoms with Crippen molar-refractivity contribution in [2.45, 2.75) is 27.2 Å². The first-order chi connectivity index (χ1) is 6.05. The number of aryl methyl sites for hydroxylation is 1. The third kappa shape index (κ3) is 2.85. The van der Waals surface area contributed by atoms with Gasteiger partial charge in [-0.05, 0) is 29.9 Å². The molecule has 13 heavy (non-hydrogen) atoms. The minimum absolute atomic E-state index is 0.00782. The first-order valence-electron chi connectivity index (χ1n) is 4.70. The molecule has 0 aliphatic rings. The number of benzene rings is 1. The van der Waals surface area contributed by atoms with Crippen LogP contribution in [-0.4, -0.2) is 11.7 Å². The normalized spacial score (nSPS) is 11.7. The maximum absolute atomic E-state index is 9.15. The molecule has 0 fully saturated rings. The molecule has 0 aromatic heterocycles. The second kappa shape index (κ2) is 3.93. The molecule has 0 aliphatic carbocycles. The lowest BCUT2D eigenvalue weighted by atomic mass is 9.85. The molecule has 1 N–H and O–H groups in total. The predicted molar refractivity (Wildman–Crippen MR) is 55.7 cm³/mol. The zero-order valence-electron chi connectivity index (χ0n) is 8.67. The molecule has 0 spiro atoms. The topological polar surface area (TPSA) is 20.2 Å². The van der Waals surface area contributed by atoms with Gasteiger partial charge >= 0.3 is 0 Å². The van der Waals surface area contributed by atoms with Crippen molar-refractivity contribution in [3.63, 3.8) is 0 Å². The smallest absolute Gasteiger partial charge is 0.0485 e. The summed E-state index contributed by atoms with van der Waals surface area (Å²) in [4.78, 5) is 0. The summed E-state index contributed by atoms with van der Waals surface area (Å²) >= 11 is 0. The Morgan fingerprint density at radius 2 is 1.85 bits per heavy atom. The highest BCUT2D eigenvalue weighted by atomic mass is 16.3. The molecule has 1 aromatic carbocycles. The van der Waals surface area contributed by atoms with Crippen LogP contribution in [0.5, 0.6) is 0 Å². The highest BCUT2D eigenvalue weighted by Gasteiger charge is 2.17. The number of aliphatic hydroxyl groups excluding tert-OH is 1. The van der Waals surface area contributed by atoms with E-state index in [9.17, 15) is 0 Å². The minimum atomic E-state index is -0.00782. The SMILES string of the molecule is Cc1ccccc1CC(C)(C)CO. The van der Waals surface area contributed by atoms with Gasteiger partial charge in [0.2, 0.25) is 0 Å². The molecule has 0 bridgehead atoms. The van der Waals surface area contributed by atoms with Crippen molar-refractivity contribution in [2.24, 2.45) is 5.41 Å². The van der Waals surface area contributed by atoms with Crippen LogP contribution in [0.25, 0.3) is 0 Å². The molecule has 0 aliphatic heterocycles. The van der Waals surface area contributed by atoms with Gasteiger partial charge in [-0.15, -0.1) is 0 Å². The lowest BCUT2D eigenvalue weighted by Gasteiger charge is -2.22. The molecule has 72 valence electrons. The fraction of sp³-hybridized carbons (Fsp3) is 0.500. The van der Waals surface area contributed by atoms with Gasteiger partial charge in [0.25, 0.3) is 0 Å². The summed E-state index contributed by atoms with van der Waals surface area (Å²) in [5.74, 6) is 0. The fourth-order valence-corrected chi connectivity index (χ4v) is 1.38. The summed E-state index contributed by atoms with van der Waals surface area (Å²) in [7, 11) is 0. The van der Waals surface area contributed by atoms with Crippen molar-refractivity contribution < 1.29 is 5.11 Å². The third-order valence-corrected chi connectivity index (χ3v) is 2.36. The van der Waals surface area contributed by atoms with Crippen LogP contribution in [0.1, 0.15) is 25.0 Å². The molecule has 0 saturated heterocycles. The van der Waals surface area contributed by atoms with E-state index < -0.39 is 0 Å². The van der Waals surface area contributed by atoms with Gasteiger partial charge in [0.1, 0.15) is 0 Å². The first kappa shape index (κ1) is 10.3. The molecule has 0 radical (unpaired) electrons. The largest absolute Gasteiger partial charge is 0.396 e. The highest BCUT2D eigenvalue weighted by Crippen LogP contribution is 2.22. The van der Waals surface area contributed by atoms with Crippen molar-refractivity contribution in [3.05, 3.63) is 35.4 Å². The van der Waals surface area contributed by atoms with Crippen LogP contribution < -0.4 is 0 Å². The molecule has 1 heteroatoms. The Balaban J connectivity index is 2.80. The lowest BCUT2D eigenvalue weighted by molar-refractivity contribution is 0.159. The average Bonchev–Trinajstić information content (AvgIpc) is 2.09. The van der Waals surface area contributed by atoms with Gasteiger partial charge in [-0.1, -0.05) is 38.1 Å².